The van der Waals surface area contributed by atoms with Crippen molar-refractivity contribution < 1.29 is 37.8 Å². The third kappa shape index (κ3) is 4.08. The second kappa shape index (κ2) is 9.63. The maximum Gasteiger partial charge on any atom is 0.310 e. The van der Waals surface area contributed by atoms with Crippen LogP contribution in [0.3, 0.4) is 0 Å². The molecule has 2 bridgehead atoms. The fourth-order valence-corrected chi connectivity index (χ4v) is 8.60. The van der Waals surface area contributed by atoms with Gasteiger partial charge in [-0.1, -0.05) is 40.2 Å². The van der Waals surface area contributed by atoms with Gasteiger partial charge < -0.3 is 18.6 Å². The summed E-state index contributed by atoms with van der Waals surface area (Å²) in [6.45, 7) is 10.1. The Morgan fingerprint density at radius 1 is 1.13 bits per heavy atom. The zero-order valence-electron chi connectivity index (χ0n) is 23.8. The molecule has 1 aromatic rings. The van der Waals surface area contributed by atoms with Crippen LogP contribution in [0.2, 0.25) is 0 Å². The smallest absolute Gasteiger partial charge is 0.310 e. The summed E-state index contributed by atoms with van der Waals surface area (Å²) in [7, 11) is 1.36. The van der Waals surface area contributed by atoms with Crippen LogP contribution in [0.4, 0.5) is 0 Å². The number of hydrogen-bond donors (Lipinski definition) is 0. The molecule has 0 amide bonds. The molecule has 1 aliphatic heterocycles. The highest BCUT2D eigenvalue weighted by Crippen LogP contribution is 2.68. The Morgan fingerprint density at radius 2 is 1.87 bits per heavy atom. The number of cyclic esters (lactones) is 1. The predicted molar refractivity (Wildman–Crippen MR) is 140 cm³/mol. The molecule has 3 aliphatic carbocycles. The largest absolute Gasteiger partial charge is 0.472 e. The average Bonchev–Trinajstić information content (AvgIpc) is 3.42. The Hall–Kier alpha value is -2.90. The molecule has 212 valence electrons. The number of ketones is 1. The average molecular weight is 541 g/mol. The van der Waals surface area contributed by atoms with Gasteiger partial charge in [-0.2, -0.15) is 0 Å². The van der Waals surface area contributed by atoms with E-state index in [0.717, 1.165) is 29.6 Å². The summed E-state index contributed by atoms with van der Waals surface area (Å²) in [5, 5.41) is 0. The second-order valence-electron chi connectivity index (χ2n) is 12.9. The maximum absolute atomic E-state index is 14.4. The summed E-state index contributed by atoms with van der Waals surface area (Å²) in [6.07, 6.45) is 5.06. The molecule has 39 heavy (non-hydrogen) atoms. The Labute approximate surface area is 229 Å². The number of Topliss-reactive ketones (excluding diaryl/α,β-unsaturated/α-hetero) is 1. The zero-order chi connectivity index (χ0) is 28.3. The molecular weight excluding hydrogens is 500 g/mol. The monoisotopic (exact) mass is 540 g/mol. The minimum Gasteiger partial charge on any atom is -0.472 e. The van der Waals surface area contributed by atoms with Gasteiger partial charge in [0, 0.05) is 34.7 Å². The van der Waals surface area contributed by atoms with Crippen LogP contribution in [0.25, 0.3) is 0 Å². The molecule has 3 fully saturated rings. The molecule has 0 radical (unpaired) electrons. The lowest BCUT2D eigenvalue weighted by Crippen LogP contribution is -2.66. The van der Waals surface area contributed by atoms with Gasteiger partial charge in [0.1, 0.15) is 18.0 Å². The summed E-state index contributed by atoms with van der Waals surface area (Å²) in [5.74, 6) is -2.06. The van der Waals surface area contributed by atoms with E-state index < -0.39 is 40.3 Å². The van der Waals surface area contributed by atoms with E-state index >= 15 is 0 Å². The summed E-state index contributed by atoms with van der Waals surface area (Å²) >= 11 is 0. The summed E-state index contributed by atoms with van der Waals surface area (Å²) < 4.78 is 22.4. The van der Waals surface area contributed by atoms with Crippen molar-refractivity contribution in [2.45, 2.75) is 91.8 Å². The van der Waals surface area contributed by atoms with Crippen LogP contribution in [0, 0.1) is 34.0 Å². The molecule has 0 aromatic carbocycles. The van der Waals surface area contributed by atoms with Gasteiger partial charge in [-0.25, -0.2) is 0 Å². The van der Waals surface area contributed by atoms with Gasteiger partial charge in [0.05, 0.1) is 32.0 Å². The van der Waals surface area contributed by atoms with E-state index in [2.05, 4.69) is 6.92 Å². The molecule has 8 heteroatoms. The first-order chi connectivity index (χ1) is 18.4. The number of allylic oxidation sites excluding steroid dienone is 1. The Kier molecular flexibility index (Phi) is 6.83. The lowest BCUT2D eigenvalue weighted by Gasteiger charge is -2.63. The van der Waals surface area contributed by atoms with E-state index in [9.17, 15) is 19.2 Å². The van der Waals surface area contributed by atoms with E-state index in [1.165, 1.54) is 7.11 Å². The number of esters is 3. The van der Waals surface area contributed by atoms with E-state index in [4.69, 9.17) is 18.6 Å². The van der Waals surface area contributed by atoms with Crippen LogP contribution in [0.15, 0.2) is 34.2 Å². The summed E-state index contributed by atoms with van der Waals surface area (Å²) in [5.41, 5.74) is 0.979. The van der Waals surface area contributed by atoms with E-state index in [0.29, 0.717) is 12.8 Å². The third-order valence-electron chi connectivity index (χ3n) is 10.5. The van der Waals surface area contributed by atoms with E-state index in [1.807, 2.05) is 33.8 Å². The lowest BCUT2D eigenvalue weighted by atomic mass is 9.40. The van der Waals surface area contributed by atoms with Crippen molar-refractivity contribution in [1.29, 1.82) is 0 Å². The van der Waals surface area contributed by atoms with Crippen molar-refractivity contribution in [2.75, 3.05) is 7.11 Å². The highest BCUT2D eigenvalue weighted by molar-refractivity contribution is 5.92. The third-order valence-corrected chi connectivity index (χ3v) is 10.5. The van der Waals surface area contributed by atoms with Gasteiger partial charge in [-0.05, 0) is 49.2 Å². The Morgan fingerprint density at radius 3 is 2.51 bits per heavy atom. The molecule has 1 unspecified atom stereocenters. The number of methoxy groups -OCH3 is 1. The summed E-state index contributed by atoms with van der Waals surface area (Å²) in [6, 6.07) is 1.83. The second-order valence-corrected chi connectivity index (χ2v) is 12.9. The van der Waals surface area contributed by atoms with Crippen molar-refractivity contribution in [1.82, 2.24) is 0 Å². The molecule has 2 saturated carbocycles. The van der Waals surface area contributed by atoms with Gasteiger partial charge >= 0.3 is 17.9 Å². The van der Waals surface area contributed by atoms with Crippen LogP contribution in [0.5, 0.6) is 0 Å². The van der Waals surface area contributed by atoms with Gasteiger partial charge in [0.25, 0.3) is 0 Å². The van der Waals surface area contributed by atoms with Crippen molar-refractivity contribution in [3.05, 3.63) is 35.3 Å². The fraction of sp³-hybridized carbons (Fsp3) is 0.677. The molecule has 0 N–H and O–H groups in total. The van der Waals surface area contributed by atoms with Crippen LogP contribution in [0.1, 0.15) is 91.2 Å². The number of rotatable bonds is 6. The van der Waals surface area contributed by atoms with Crippen LogP contribution < -0.4 is 0 Å². The first-order valence-electron chi connectivity index (χ1n) is 14.1. The van der Waals surface area contributed by atoms with Crippen LogP contribution >= 0.6 is 0 Å². The van der Waals surface area contributed by atoms with Crippen LogP contribution in [-0.2, 0) is 33.4 Å². The normalized spacial score (nSPS) is 36.9. The quantitative estimate of drug-likeness (QED) is 0.264. The first-order valence-corrected chi connectivity index (χ1v) is 14.1. The number of carbonyl (C=O) groups excluding carboxylic acids is 4. The molecule has 1 aromatic heterocycles. The molecule has 5 rings (SSSR count). The standard InChI is InChI=1S/C31H40O8/c1-7-8-23(32)38-28-19-13-18-20(31(5,26(19)35)22(29(28,2)3)15-24(33)36-6)9-11-30(4)21(18)14-25(34)39-27(30)17-10-12-37-16-17/h10,12,16,19-20,22,27-28H,7-9,11,13-15H2,1-6H3/t19-,20+,22?,27+,28-,30-,31-/m1/s1. The molecular formula is C31H40O8. The fourth-order valence-electron chi connectivity index (χ4n) is 8.60. The van der Waals surface area contributed by atoms with Gasteiger partial charge in [-0.3, -0.25) is 19.2 Å². The first kappa shape index (κ1) is 27.7. The molecule has 8 nitrogen and oxygen atoms in total. The molecule has 7 atom stereocenters. The number of ether oxygens (including phenoxy) is 3. The Bertz CT molecular complexity index is 1210. The molecule has 2 heterocycles. The van der Waals surface area contributed by atoms with Gasteiger partial charge in [-0.15, -0.1) is 0 Å². The topological polar surface area (TPSA) is 109 Å². The van der Waals surface area contributed by atoms with Crippen molar-refractivity contribution in [3.8, 4) is 0 Å². The van der Waals surface area contributed by atoms with Crippen molar-refractivity contribution >= 4 is 23.7 Å². The number of hydrogen-bond acceptors (Lipinski definition) is 8. The SMILES string of the molecule is CCCC(=O)O[C@@H]1[C@@H]2CC3=C4CC(=O)O[C@@H](c5ccoc5)[C@]4(C)CC[C@@H]3[C@@](C)(C2=O)C(CC(=O)OC)C1(C)C. The highest BCUT2D eigenvalue weighted by Gasteiger charge is 2.68. The minimum atomic E-state index is -0.871. The highest BCUT2D eigenvalue weighted by atomic mass is 16.6. The van der Waals surface area contributed by atoms with E-state index in [1.54, 1.807) is 12.5 Å². The molecule has 0 spiro atoms. The van der Waals surface area contributed by atoms with Crippen LogP contribution in [-0.4, -0.2) is 36.9 Å². The van der Waals surface area contributed by atoms with Gasteiger partial charge in [0.15, 0.2) is 0 Å². The Balaban J connectivity index is 1.67. The zero-order valence-corrected chi connectivity index (χ0v) is 23.8. The number of fused-ring (bicyclic) bond motifs is 5. The number of furan rings is 1. The number of carbonyl (C=O) groups is 4. The molecule has 1 saturated heterocycles. The molecule has 4 aliphatic rings. The van der Waals surface area contributed by atoms with Crippen molar-refractivity contribution in [3.63, 3.8) is 0 Å². The summed E-state index contributed by atoms with van der Waals surface area (Å²) in [4.78, 5) is 52.9. The lowest BCUT2D eigenvalue weighted by molar-refractivity contribution is -0.199. The minimum absolute atomic E-state index is 0.0488. The van der Waals surface area contributed by atoms with Crippen molar-refractivity contribution in [2.24, 2.45) is 34.0 Å². The maximum atomic E-state index is 14.4. The van der Waals surface area contributed by atoms with Gasteiger partial charge in [0.2, 0.25) is 0 Å². The predicted octanol–water partition coefficient (Wildman–Crippen LogP) is 5.51. The van der Waals surface area contributed by atoms with E-state index in [-0.39, 0.29) is 48.9 Å².